The zero-order valence-electron chi connectivity index (χ0n) is 10.6. The number of rotatable bonds is 5. The van der Waals surface area contributed by atoms with E-state index in [0.717, 1.165) is 10.3 Å². The highest BCUT2D eigenvalue weighted by molar-refractivity contribution is 9.11. The van der Waals surface area contributed by atoms with E-state index in [9.17, 15) is 4.79 Å². The summed E-state index contributed by atoms with van der Waals surface area (Å²) in [5.74, 6) is -0.170. The maximum atomic E-state index is 11.6. The average molecular weight is 320 g/mol. The molecule has 0 aliphatic carbocycles. The van der Waals surface area contributed by atoms with Crippen LogP contribution in [0.3, 0.4) is 0 Å². The fourth-order valence-electron chi connectivity index (χ4n) is 1.77. The van der Waals surface area contributed by atoms with Crippen molar-refractivity contribution < 1.29 is 9.53 Å². The van der Waals surface area contributed by atoms with Crippen LogP contribution in [0, 0.1) is 5.41 Å². The molecule has 0 aliphatic rings. The summed E-state index contributed by atoms with van der Waals surface area (Å²) in [4.78, 5) is 15.0. The van der Waals surface area contributed by atoms with Crippen LogP contribution in [0.4, 0.5) is 0 Å². The van der Waals surface area contributed by atoms with Crippen LogP contribution >= 0.6 is 27.3 Å². The van der Waals surface area contributed by atoms with Crippen molar-refractivity contribution in [3.8, 4) is 0 Å². The molecule has 0 atom stereocenters. The minimum Gasteiger partial charge on any atom is -0.469 e. The second kappa shape index (κ2) is 5.98. The molecule has 0 saturated carbocycles. The largest absolute Gasteiger partial charge is 0.469 e. The van der Waals surface area contributed by atoms with E-state index < -0.39 is 5.41 Å². The Labute approximate surface area is 115 Å². The van der Waals surface area contributed by atoms with Crippen molar-refractivity contribution in [1.82, 2.24) is 4.90 Å². The monoisotopic (exact) mass is 319 g/mol. The third-order valence-electron chi connectivity index (χ3n) is 2.46. The Morgan fingerprint density at radius 2 is 2.18 bits per heavy atom. The van der Waals surface area contributed by atoms with Gasteiger partial charge in [-0.1, -0.05) is 0 Å². The smallest absolute Gasteiger partial charge is 0.312 e. The van der Waals surface area contributed by atoms with E-state index in [1.807, 2.05) is 27.0 Å². The zero-order valence-corrected chi connectivity index (χ0v) is 13.0. The molecule has 0 spiro atoms. The highest BCUT2D eigenvalue weighted by Gasteiger charge is 2.30. The second-order valence-electron chi connectivity index (χ2n) is 4.75. The molecule has 1 rings (SSSR count). The Balaban J connectivity index is 2.54. The first kappa shape index (κ1) is 14.7. The minimum absolute atomic E-state index is 0.170. The van der Waals surface area contributed by atoms with Crippen molar-refractivity contribution in [3.63, 3.8) is 0 Å². The van der Waals surface area contributed by atoms with Crippen LogP contribution in [-0.2, 0) is 16.1 Å². The quantitative estimate of drug-likeness (QED) is 0.781. The molecular formula is C12H18BrNO2S. The zero-order chi connectivity index (χ0) is 13.1. The van der Waals surface area contributed by atoms with Gasteiger partial charge in [-0.2, -0.15) is 0 Å². The van der Waals surface area contributed by atoms with E-state index in [0.29, 0.717) is 6.54 Å². The fourth-order valence-corrected chi connectivity index (χ4v) is 3.34. The molecule has 0 N–H and O–H groups in total. The van der Waals surface area contributed by atoms with Gasteiger partial charge in [0, 0.05) is 18.0 Å². The van der Waals surface area contributed by atoms with Crippen LogP contribution in [-0.4, -0.2) is 31.6 Å². The van der Waals surface area contributed by atoms with Crippen LogP contribution < -0.4 is 0 Å². The third kappa shape index (κ3) is 4.41. The van der Waals surface area contributed by atoms with Gasteiger partial charge in [-0.15, -0.1) is 11.3 Å². The van der Waals surface area contributed by atoms with E-state index in [4.69, 9.17) is 4.74 Å². The molecule has 0 amide bonds. The number of carbonyl (C=O) groups is 1. The van der Waals surface area contributed by atoms with Crippen LogP contribution in [0.2, 0.25) is 0 Å². The second-order valence-corrected chi connectivity index (χ2v) is 7.30. The highest BCUT2D eigenvalue weighted by atomic mass is 79.9. The van der Waals surface area contributed by atoms with Gasteiger partial charge in [0.1, 0.15) is 0 Å². The van der Waals surface area contributed by atoms with Crippen molar-refractivity contribution in [2.45, 2.75) is 20.4 Å². The first-order valence-corrected chi connectivity index (χ1v) is 6.97. The Hall–Kier alpha value is -0.390. The summed E-state index contributed by atoms with van der Waals surface area (Å²) in [6.45, 7) is 5.32. The van der Waals surface area contributed by atoms with E-state index in [-0.39, 0.29) is 5.97 Å². The summed E-state index contributed by atoms with van der Waals surface area (Å²) in [6.07, 6.45) is 0. The van der Waals surface area contributed by atoms with Gasteiger partial charge in [0.05, 0.1) is 16.3 Å². The van der Waals surface area contributed by atoms with Gasteiger partial charge >= 0.3 is 5.97 Å². The Bertz CT molecular complexity index is 390. The lowest BCUT2D eigenvalue weighted by molar-refractivity contribution is -0.151. The molecule has 0 bridgehead atoms. The van der Waals surface area contributed by atoms with Crippen molar-refractivity contribution in [2.24, 2.45) is 5.41 Å². The molecule has 0 saturated heterocycles. The maximum absolute atomic E-state index is 11.6. The molecule has 96 valence electrons. The van der Waals surface area contributed by atoms with Gasteiger partial charge < -0.3 is 9.64 Å². The van der Waals surface area contributed by atoms with Crippen molar-refractivity contribution in [3.05, 3.63) is 20.8 Å². The standard InChI is InChI=1S/C12H18BrNO2S/c1-12(2,11(15)16-4)8-14(3)7-9-5-6-10(13)17-9/h5-6H,7-8H2,1-4H3. The van der Waals surface area contributed by atoms with Crippen molar-refractivity contribution >= 4 is 33.2 Å². The SMILES string of the molecule is COC(=O)C(C)(C)CN(C)Cc1ccc(Br)s1. The molecule has 1 aromatic rings. The highest BCUT2D eigenvalue weighted by Crippen LogP contribution is 2.24. The maximum Gasteiger partial charge on any atom is 0.312 e. The van der Waals surface area contributed by atoms with E-state index in [1.54, 1.807) is 11.3 Å². The summed E-state index contributed by atoms with van der Waals surface area (Å²) in [6, 6.07) is 4.13. The molecule has 0 radical (unpaired) electrons. The number of carbonyl (C=O) groups excluding carboxylic acids is 1. The molecule has 0 fully saturated rings. The summed E-state index contributed by atoms with van der Waals surface area (Å²) in [5, 5.41) is 0. The van der Waals surface area contributed by atoms with Crippen molar-refractivity contribution in [2.75, 3.05) is 20.7 Å². The van der Waals surface area contributed by atoms with Crippen LogP contribution in [0.5, 0.6) is 0 Å². The van der Waals surface area contributed by atoms with Gasteiger partial charge in [-0.3, -0.25) is 4.79 Å². The Kier molecular flexibility index (Phi) is 5.16. The van der Waals surface area contributed by atoms with Gasteiger partial charge in [0.2, 0.25) is 0 Å². The fraction of sp³-hybridized carbons (Fsp3) is 0.583. The average Bonchev–Trinajstić information content (AvgIpc) is 2.61. The van der Waals surface area contributed by atoms with Crippen LogP contribution in [0.15, 0.2) is 15.9 Å². The number of esters is 1. The molecule has 1 aromatic heterocycles. The van der Waals surface area contributed by atoms with Crippen LogP contribution in [0.1, 0.15) is 18.7 Å². The number of hydrogen-bond acceptors (Lipinski definition) is 4. The lowest BCUT2D eigenvalue weighted by Crippen LogP contribution is -2.37. The van der Waals surface area contributed by atoms with Gasteiger partial charge in [0.25, 0.3) is 0 Å². The van der Waals surface area contributed by atoms with Crippen molar-refractivity contribution in [1.29, 1.82) is 0 Å². The van der Waals surface area contributed by atoms with E-state index in [2.05, 4.69) is 26.9 Å². The van der Waals surface area contributed by atoms with E-state index in [1.165, 1.54) is 12.0 Å². The summed E-state index contributed by atoms with van der Waals surface area (Å²) < 4.78 is 5.93. The van der Waals surface area contributed by atoms with Crippen LogP contribution in [0.25, 0.3) is 0 Å². The Morgan fingerprint density at radius 3 is 2.65 bits per heavy atom. The summed E-state index contributed by atoms with van der Waals surface area (Å²) in [5.41, 5.74) is -0.474. The number of nitrogens with zero attached hydrogens (tertiary/aromatic N) is 1. The molecule has 17 heavy (non-hydrogen) atoms. The number of ether oxygens (including phenoxy) is 1. The number of hydrogen-bond donors (Lipinski definition) is 0. The third-order valence-corrected chi connectivity index (χ3v) is 4.07. The lowest BCUT2D eigenvalue weighted by atomic mass is 9.93. The lowest BCUT2D eigenvalue weighted by Gasteiger charge is -2.27. The molecule has 0 aliphatic heterocycles. The van der Waals surface area contributed by atoms with Gasteiger partial charge in [0.15, 0.2) is 0 Å². The summed E-state index contributed by atoms with van der Waals surface area (Å²) >= 11 is 5.16. The van der Waals surface area contributed by atoms with E-state index >= 15 is 0 Å². The molecule has 3 nitrogen and oxygen atoms in total. The van der Waals surface area contributed by atoms with Gasteiger partial charge in [-0.05, 0) is 49.0 Å². The summed E-state index contributed by atoms with van der Waals surface area (Å²) in [7, 11) is 3.44. The Morgan fingerprint density at radius 1 is 1.53 bits per heavy atom. The molecule has 0 unspecified atom stereocenters. The number of thiophene rings is 1. The number of halogens is 1. The predicted molar refractivity (Wildman–Crippen MR) is 74.2 cm³/mol. The normalized spacial score (nSPS) is 11.9. The first-order chi connectivity index (χ1) is 7.85. The number of methoxy groups -OCH3 is 1. The topological polar surface area (TPSA) is 29.5 Å². The molecule has 5 heteroatoms. The predicted octanol–water partition coefficient (Wildman–Crippen LogP) is 3.14. The first-order valence-electron chi connectivity index (χ1n) is 5.36. The molecule has 0 aromatic carbocycles. The molecular weight excluding hydrogens is 302 g/mol. The van der Waals surface area contributed by atoms with Gasteiger partial charge in [-0.25, -0.2) is 0 Å². The molecule has 1 heterocycles. The minimum atomic E-state index is -0.474.